The van der Waals surface area contributed by atoms with Crippen LogP contribution in [0.5, 0.6) is 0 Å². The lowest BCUT2D eigenvalue weighted by Crippen LogP contribution is -1.83. The van der Waals surface area contributed by atoms with Gasteiger partial charge in [0.05, 0.1) is 0 Å². The summed E-state index contributed by atoms with van der Waals surface area (Å²) in [6.07, 6.45) is 1.54. The van der Waals surface area contributed by atoms with Gasteiger partial charge in [0.25, 0.3) is 0 Å². The van der Waals surface area contributed by atoms with Crippen LogP contribution in [0.15, 0.2) is 54.9 Å². The standard InChI is InChI=1S/C14H10FN3/c15-13-3-1-2-12(8-13)10-4-6-11(7-5-10)14-16-9-17-18-14/h1-9H,(H,16,17,18). The molecule has 0 aliphatic carbocycles. The smallest absolute Gasteiger partial charge is 0.161 e. The molecule has 18 heavy (non-hydrogen) atoms. The molecule has 3 nitrogen and oxygen atoms in total. The molecule has 1 aromatic heterocycles. The van der Waals surface area contributed by atoms with Gasteiger partial charge in [-0.05, 0) is 23.3 Å². The monoisotopic (exact) mass is 239 g/mol. The van der Waals surface area contributed by atoms with Crippen LogP contribution in [0.1, 0.15) is 0 Å². The summed E-state index contributed by atoms with van der Waals surface area (Å²) in [7, 11) is 0. The minimum Gasteiger partial charge on any atom is -0.328 e. The molecular formula is C14H10FN3. The maximum Gasteiger partial charge on any atom is 0.161 e. The van der Waals surface area contributed by atoms with Gasteiger partial charge >= 0.3 is 0 Å². The molecule has 1 N–H and O–H groups in total. The van der Waals surface area contributed by atoms with Crippen LogP contribution in [-0.2, 0) is 0 Å². The number of nitrogens with one attached hydrogen (secondary N) is 1. The molecule has 0 atom stereocenters. The van der Waals surface area contributed by atoms with Crippen molar-refractivity contribution in [3.05, 3.63) is 60.7 Å². The number of H-pyrrole nitrogens is 1. The van der Waals surface area contributed by atoms with Crippen molar-refractivity contribution in [1.29, 1.82) is 0 Å². The van der Waals surface area contributed by atoms with E-state index in [9.17, 15) is 4.39 Å². The fraction of sp³-hybridized carbons (Fsp3) is 0. The molecule has 0 fully saturated rings. The second-order valence-electron chi connectivity index (χ2n) is 3.93. The first kappa shape index (κ1) is 10.7. The molecule has 0 radical (unpaired) electrons. The Morgan fingerprint density at radius 1 is 0.889 bits per heavy atom. The van der Waals surface area contributed by atoms with Crippen molar-refractivity contribution in [3.63, 3.8) is 0 Å². The van der Waals surface area contributed by atoms with Crippen LogP contribution in [0.2, 0.25) is 0 Å². The van der Waals surface area contributed by atoms with Gasteiger partial charge in [0.15, 0.2) is 5.82 Å². The first-order chi connectivity index (χ1) is 8.83. The molecule has 0 aliphatic heterocycles. The zero-order valence-electron chi connectivity index (χ0n) is 9.47. The zero-order chi connectivity index (χ0) is 12.4. The summed E-state index contributed by atoms with van der Waals surface area (Å²) in [5, 5.41) is 7.67. The molecule has 0 saturated heterocycles. The Hall–Kier alpha value is -2.49. The molecule has 4 heteroatoms. The van der Waals surface area contributed by atoms with Gasteiger partial charge in [0.1, 0.15) is 12.1 Å². The minimum absolute atomic E-state index is 0.230. The molecule has 88 valence electrons. The van der Waals surface area contributed by atoms with Crippen molar-refractivity contribution < 1.29 is 4.39 Å². The maximum absolute atomic E-state index is 13.1. The molecule has 0 amide bonds. The molecular weight excluding hydrogens is 229 g/mol. The maximum atomic E-state index is 13.1. The van der Waals surface area contributed by atoms with Gasteiger partial charge in [0, 0.05) is 5.56 Å². The molecule has 2 aromatic carbocycles. The second kappa shape index (κ2) is 4.41. The molecule has 0 spiro atoms. The lowest BCUT2D eigenvalue weighted by molar-refractivity contribution is 0.628. The Bertz CT molecular complexity index is 645. The van der Waals surface area contributed by atoms with E-state index in [4.69, 9.17) is 0 Å². The normalized spacial score (nSPS) is 10.5. The average molecular weight is 239 g/mol. The number of aromatic nitrogens is 3. The van der Waals surface area contributed by atoms with Crippen LogP contribution in [-0.4, -0.2) is 15.2 Å². The molecule has 0 unspecified atom stereocenters. The lowest BCUT2D eigenvalue weighted by atomic mass is 10.0. The highest BCUT2D eigenvalue weighted by atomic mass is 19.1. The van der Waals surface area contributed by atoms with Gasteiger partial charge in [-0.3, -0.25) is 0 Å². The minimum atomic E-state index is -0.230. The summed E-state index contributed by atoms with van der Waals surface area (Å²) in [6, 6.07) is 14.3. The quantitative estimate of drug-likeness (QED) is 0.745. The van der Waals surface area contributed by atoms with Crippen LogP contribution in [0.3, 0.4) is 0 Å². The first-order valence-corrected chi connectivity index (χ1v) is 5.55. The van der Waals surface area contributed by atoms with Crippen molar-refractivity contribution in [2.24, 2.45) is 0 Å². The zero-order valence-corrected chi connectivity index (χ0v) is 9.47. The van der Waals surface area contributed by atoms with Crippen LogP contribution in [0.25, 0.3) is 22.5 Å². The van der Waals surface area contributed by atoms with E-state index in [0.29, 0.717) is 0 Å². The Kier molecular flexibility index (Phi) is 2.61. The highest BCUT2D eigenvalue weighted by Gasteiger charge is 2.02. The number of hydrogen-bond donors (Lipinski definition) is 1. The Morgan fingerprint density at radius 3 is 2.33 bits per heavy atom. The Morgan fingerprint density at radius 2 is 1.67 bits per heavy atom. The SMILES string of the molecule is Fc1cccc(-c2ccc(-c3nnc[nH]3)cc2)c1. The van der Waals surface area contributed by atoms with E-state index in [1.165, 1.54) is 18.5 Å². The van der Waals surface area contributed by atoms with E-state index in [2.05, 4.69) is 15.2 Å². The molecule has 3 rings (SSSR count). The van der Waals surface area contributed by atoms with Gasteiger partial charge in [-0.15, -0.1) is 10.2 Å². The van der Waals surface area contributed by atoms with Gasteiger partial charge in [0.2, 0.25) is 0 Å². The van der Waals surface area contributed by atoms with E-state index in [1.54, 1.807) is 6.07 Å². The summed E-state index contributed by atoms with van der Waals surface area (Å²) in [6.45, 7) is 0. The molecule has 0 bridgehead atoms. The largest absolute Gasteiger partial charge is 0.328 e. The van der Waals surface area contributed by atoms with Crippen LogP contribution in [0.4, 0.5) is 4.39 Å². The highest BCUT2D eigenvalue weighted by Crippen LogP contribution is 2.23. The first-order valence-electron chi connectivity index (χ1n) is 5.55. The van der Waals surface area contributed by atoms with Gasteiger partial charge in [-0.2, -0.15) is 0 Å². The number of aromatic amines is 1. The summed E-state index contributed by atoms with van der Waals surface area (Å²) in [5.74, 6) is 0.493. The fourth-order valence-corrected chi connectivity index (χ4v) is 1.84. The van der Waals surface area contributed by atoms with Crippen molar-refractivity contribution in [1.82, 2.24) is 15.2 Å². The lowest BCUT2D eigenvalue weighted by Gasteiger charge is -2.03. The average Bonchev–Trinajstić information content (AvgIpc) is 2.93. The second-order valence-corrected chi connectivity index (χ2v) is 3.93. The van der Waals surface area contributed by atoms with E-state index < -0.39 is 0 Å². The summed E-state index contributed by atoms with van der Waals surface area (Å²) < 4.78 is 13.1. The number of rotatable bonds is 2. The van der Waals surface area contributed by atoms with Gasteiger partial charge < -0.3 is 4.98 Å². The topological polar surface area (TPSA) is 41.6 Å². The third-order valence-electron chi connectivity index (χ3n) is 2.73. The predicted molar refractivity (Wildman–Crippen MR) is 67.2 cm³/mol. The third-order valence-corrected chi connectivity index (χ3v) is 2.73. The molecule has 1 heterocycles. The molecule has 0 saturated carbocycles. The molecule has 3 aromatic rings. The van der Waals surface area contributed by atoms with Gasteiger partial charge in [-0.1, -0.05) is 36.4 Å². The molecule has 0 aliphatic rings. The highest BCUT2D eigenvalue weighted by molar-refractivity contribution is 5.67. The van der Waals surface area contributed by atoms with Crippen LogP contribution in [0, 0.1) is 5.82 Å². The third kappa shape index (κ3) is 2.00. The number of halogens is 1. The van der Waals surface area contributed by atoms with Crippen molar-refractivity contribution in [3.8, 4) is 22.5 Å². The Balaban J connectivity index is 1.96. The summed E-state index contributed by atoms with van der Waals surface area (Å²) in [5.41, 5.74) is 2.78. The van der Waals surface area contributed by atoms with E-state index in [-0.39, 0.29) is 5.82 Å². The van der Waals surface area contributed by atoms with Crippen molar-refractivity contribution in [2.45, 2.75) is 0 Å². The summed E-state index contributed by atoms with van der Waals surface area (Å²) >= 11 is 0. The number of benzene rings is 2. The van der Waals surface area contributed by atoms with Gasteiger partial charge in [-0.25, -0.2) is 4.39 Å². The van der Waals surface area contributed by atoms with E-state index in [0.717, 1.165) is 22.5 Å². The number of nitrogens with zero attached hydrogens (tertiary/aromatic N) is 2. The van der Waals surface area contributed by atoms with E-state index in [1.807, 2.05) is 30.3 Å². The summed E-state index contributed by atoms with van der Waals surface area (Å²) in [4.78, 5) is 2.94. The predicted octanol–water partition coefficient (Wildman–Crippen LogP) is 3.28. The van der Waals surface area contributed by atoms with Crippen LogP contribution < -0.4 is 0 Å². The van der Waals surface area contributed by atoms with Crippen LogP contribution >= 0.6 is 0 Å². The van der Waals surface area contributed by atoms with Crippen molar-refractivity contribution in [2.75, 3.05) is 0 Å². The fourth-order valence-electron chi connectivity index (χ4n) is 1.84. The Labute approximate surface area is 103 Å². The van der Waals surface area contributed by atoms with E-state index >= 15 is 0 Å². The van der Waals surface area contributed by atoms with Crippen molar-refractivity contribution >= 4 is 0 Å². The number of hydrogen-bond acceptors (Lipinski definition) is 2.